The monoisotopic (exact) mass is 386 g/mol. The summed E-state index contributed by atoms with van der Waals surface area (Å²) >= 11 is 0. The van der Waals surface area contributed by atoms with Gasteiger partial charge in [-0.25, -0.2) is 4.79 Å². The van der Waals surface area contributed by atoms with E-state index in [0.717, 1.165) is 76.4 Å². The molecule has 0 N–H and O–H groups in total. The molecule has 3 fully saturated rings. The molecule has 0 aromatic heterocycles. The third-order valence-corrected chi connectivity index (χ3v) is 6.18. The van der Waals surface area contributed by atoms with Crippen LogP contribution in [0.5, 0.6) is 5.75 Å². The van der Waals surface area contributed by atoms with Crippen LogP contribution in [0.2, 0.25) is 0 Å². The van der Waals surface area contributed by atoms with Crippen molar-refractivity contribution in [3.05, 3.63) is 24.3 Å². The number of hydrogen-bond donors (Lipinski definition) is 0. The van der Waals surface area contributed by atoms with Crippen LogP contribution in [0.3, 0.4) is 0 Å². The Morgan fingerprint density at radius 2 is 1.75 bits per heavy atom. The van der Waals surface area contributed by atoms with Crippen LogP contribution in [0, 0.1) is 0 Å². The van der Waals surface area contributed by atoms with Gasteiger partial charge in [-0.3, -0.25) is 14.6 Å². The topological polar surface area (TPSA) is 56.3 Å². The molecule has 1 aromatic carbocycles. The number of methoxy groups -OCH3 is 1. The average Bonchev–Trinajstić information content (AvgIpc) is 3.30. The smallest absolute Gasteiger partial charge is 0.327 e. The van der Waals surface area contributed by atoms with E-state index in [9.17, 15) is 9.59 Å². The molecule has 0 unspecified atom stereocenters. The summed E-state index contributed by atoms with van der Waals surface area (Å²) in [5, 5.41) is 0. The highest BCUT2D eigenvalue weighted by atomic mass is 16.5. The van der Waals surface area contributed by atoms with Gasteiger partial charge in [0.2, 0.25) is 0 Å². The Balaban J connectivity index is 1.18. The van der Waals surface area contributed by atoms with Crippen molar-refractivity contribution in [2.45, 2.75) is 31.7 Å². The van der Waals surface area contributed by atoms with Crippen LogP contribution in [-0.4, -0.2) is 85.6 Å². The van der Waals surface area contributed by atoms with Crippen LogP contribution in [0.15, 0.2) is 24.3 Å². The highest BCUT2D eigenvalue weighted by Crippen LogP contribution is 2.29. The van der Waals surface area contributed by atoms with E-state index >= 15 is 0 Å². The number of carbonyl (C=O) groups excluding carboxylic acids is 2. The maximum atomic E-state index is 12.4. The number of imide groups is 1. The SMILES string of the molecule is COc1ccccc1N1CCN(CCCCN2C(=O)[C@@H]3CCCN3C2=O)CC1. The molecule has 4 rings (SSSR count). The Kier molecular flexibility index (Phi) is 5.71. The summed E-state index contributed by atoms with van der Waals surface area (Å²) in [4.78, 5) is 32.7. The quantitative estimate of drug-likeness (QED) is 0.530. The molecule has 0 radical (unpaired) electrons. The molecule has 1 aromatic rings. The first kappa shape index (κ1) is 19.1. The number of fused-ring (bicyclic) bond motifs is 1. The van der Waals surface area contributed by atoms with Crippen molar-refractivity contribution in [2.24, 2.45) is 0 Å². The predicted molar refractivity (Wildman–Crippen MR) is 108 cm³/mol. The molecular formula is C21H30N4O3. The zero-order valence-electron chi connectivity index (χ0n) is 16.7. The van der Waals surface area contributed by atoms with E-state index < -0.39 is 0 Å². The number of hydrogen-bond acceptors (Lipinski definition) is 5. The molecule has 0 spiro atoms. The Bertz CT molecular complexity index is 695. The molecule has 3 amide bonds. The zero-order chi connectivity index (χ0) is 19.5. The molecule has 1 atom stereocenters. The number of carbonyl (C=O) groups is 2. The lowest BCUT2D eigenvalue weighted by Gasteiger charge is -2.36. The van der Waals surface area contributed by atoms with E-state index in [1.165, 1.54) is 4.90 Å². The van der Waals surface area contributed by atoms with Gasteiger partial charge >= 0.3 is 6.03 Å². The largest absolute Gasteiger partial charge is 0.495 e. The van der Waals surface area contributed by atoms with Crippen molar-refractivity contribution >= 4 is 17.6 Å². The van der Waals surface area contributed by atoms with Gasteiger partial charge < -0.3 is 14.5 Å². The minimum atomic E-state index is -0.171. The minimum absolute atomic E-state index is 0.0212. The Morgan fingerprint density at radius 1 is 1.00 bits per heavy atom. The summed E-state index contributed by atoms with van der Waals surface area (Å²) in [7, 11) is 1.72. The van der Waals surface area contributed by atoms with Crippen molar-refractivity contribution in [2.75, 3.05) is 57.8 Å². The molecular weight excluding hydrogens is 356 g/mol. The minimum Gasteiger partial charge on any atom is -0.495 e. The van der Waals surface area contributed by atoms with Gasteiger partial charge in [0, 0.05) is 39.3 Å². The van der Waals surface area contributed by atoms with E-state index in [1.807, 2.05) is 12.1 Å². The molecule has 7 heteroatoms. The zero-order valence-corrected chi connectivity index (χ0v) is 16.7. The fraction of sp³-hybridized carbons (Fsp3) is 0.619. The number of benzene rings is 1. The van der Waals surface area contributed by atoms with Gasteiger partial charge in [0.05, 0.1) is 12.8 Å². The van der Waals surface area contributed by atoms with Gasteiger partial charge in [0.15, 0.2) is 0 Å². The molecule has 7 nitrogen and oxygen atoms in total. The lowest BCUT2D eigenvalue weighted by Crippen LogP contribution is -2.46. The average molecular weight is 386 g/mol. The second-order valence-corrected chi connectivity index (χ2v) is 7.83. The van der Waals surface area contributed by atoms with Crippen molar-refractivity contribution in [1.29, 1.82) is 0 Å². The first-order chi connectivity index (χ1) is 13.7. The number of para-hydroxylation sites is 2. The number of ether oxygens (including phenoxy) is 1. The number of urea groups is 1. The van der Waals surface area contributed by atoms with E-state index in [2.05, 4.69) is 21.9 Å². The molecule has 152 valence electrons. The molecule has 0 aliphatic carbocycles. The number of piperazine rings is 1. The van der Waals surface area contributed by atoms with Crippen LogP contribution in [0.4, 0.5) is 10.5 Å². The number of unbranched alkanes of at least 4 members (excludes halogenated alkanes) is 1. The summed E-state index contributed by atoms with van der Waals surface area (Å²) in [5.74, 6) is 0.948. The highest BCUT2D eigenvalue weighted by Gasteiger charge is 2.46. The van der Waals surface area contributed by atoms with Crippen LogP contribution in [0.1, 0.15) is 25.7 Å². The number of rotatable bonds is 7. The first-order valence-electron chi connectivity index (χ1n) is 10.4. The molecule has 0 bridgehead atoms. The lowest BCUT2D eigenvalue weighted by molar-refractivity contribution is -0.128. The molecule has 3 aliphatic heterocycles. The van der Waals surface area contributed by atoms with Gasteiger partial charge in [-0.05, 0) is 44.4 Å². The van der Waals surface area contributed by atoms with Crippen molar-refractivity contribution in [3.63, 3.8) is 0 Å². The van der Waals surface area contributed by atoms with Gasteiger partial charge in [-0.2, -0.15) is 0 Å². The van der Waals surface area contributed by atoms with Crippen molar-refractivity contribution in [1.82, 2.24) is 14.7 Å². The normalized spacial score (nSPS) is 22.9. The van der Waals surface area contributed by atoms with Crippen LogP contribution < -0.4 is 9.64 Å². The van der Waals surface area contributed by atoms with E-state index in [4.69, 9.17) is 4.74 Å². The lowest BCUT2D eigenvalue weighted by atomic mass is 10.2. The van der Waals surface area contributed by atoms with Gasteiger partial charge in [-0.1, -0.05) is 12.1 Å². The van der Waals surface area contributed by atoms with Gasteiger partial charge in [0.1, 0.15) is 11.8 Å². The second-order valence-electron chi connectivity index (χ2n) is 7.83. The third-order valence-electron chi connectivity index (χ3n) is 6.18. The maximum absolute atomic E-state index is 12.4. The Labute approximate surface area is 166 Å². The predicted octanol–water partition coefficient (Wildman–Crippen LogP) is 2.02. The first-order valence-corrected chi connectivity index (χ1v) is 10.4. The molecule has 3 aliphatic rings. The van der Waals surface area contributed by atoms with E-state index in [-0.39, 0.29) is 18.0 Å². The van der Waals surface area contributed by atoms with Gasteiger partial charge in [0.25, 0.3) is 5.91 Å². The summed E-state index contributed by atoms with van der Waals surface area (Å²) in [6.07, 6.45) is 3.68. The van der Waals surface area contributed by atoms with Crippen molar-refractivity contribution in [3.8, 4) is 5.75 Å². The van der Waals surface area contributed by atoms with Crippen LogP contribution in [0.25, 0.3) is 0 Å². The van der Waals surface area contributed by atoms with E-state index in [0.29, 0.717) is 6.54 Å². The second kappa shape index (κ2) is 8.39. The van der Waals surface area contributed by atoms with Crippen LogP contribution >= 0.6 is 0 Å². The van der Waals surface area contributed by atoms with Crippen molar-refractivity contribution < 1.29 is 14.3 Å². The van der Waals surface area contributed by atoms with Crippen LogP contribution in [-0.2, 0) is 4.79 Å². The number of amides is 3. The standard InChI is InChI=1S/C21H30N4O3/c1-28-19-9-3-2-7-17(19)23-15-13-22(14-16-23)10-4-5-11-25-20(26)18-8-6-12-24(18)21(25)27/h2-3,7,9,18H,4-6,8,10-16H2,1H3/t18-/m0/s1. The number of anilines is 1. The molecule has 3 heterocycles. The number of nitrogens with zero attached hydrogens (tertiary/aromatic N) is 4. The van der Waals surface area contributed by atoms with Gasteiger partial charge in [-0.15, -0.1) is 0 Å². The fourth-order valence-electron chi connectivity index (χ4n) is 4.60. The molecule has 3 saturated heterocycles. The maximum Gasteiger partial charge on any atom is 0.327 e. The molecule has 0 saturated carbocycles. The summed E-state index contributed by atoms with van der Waals surface area (Å²) < 4.78 is 5.48. The fourth-order valence-corrected chi connectivity index (χ4v) is 4.60. The summed E-state index contributed by atoms with van der Waals surface area (Å²) in [6, 6.07) is 7.93. The Morgan fingerprint density at radius 3 is 2.50 bits per heavy atom. The summed E-state index contributed by atoms with van der Waals surface area (Å²) in [5.41, 5.74) is 1.16. The highest BCUT2D eigenvalue weighted by molar-refractivity contribution is 6.04. The summed E-state index contributed by atoms with van der Waals surface area (Å²) in [6.45, 7) is 6.34. The van der Waals surface area contributed by atoms with E-state index in [1.54, 1.807) is 12.0 Å². The molecule has 28 heavy (non-hydrogen) atoms. The third kappa shape index (κ3) is 3.68. The Hall–Kier alpha value is -2.28.